The molecule has 0 aliphatic heterocycles. The first-order chi connectivity index (χ1) is 22.9. The second-order valence-corrected chi connectivity index (χ2v) is 13.3. The molecule has 0 saturated heterocycles. The summed E-state index contributed by atoms with van der Waals surface area (Å²) in [4.78, 5) is 55.9. The van der Waals surface area contributed by atoms with Gasteiger partial charge in [-0.1, -0.05) is 24.3 Å². The molecule has 2 aromatic heterocycles. The van der Waals surface area contributed by atoms with Crippen LogP contribution in [-0.4, -0.2) is 61.7 Å². The second kappa shape index (κ2) is 14.6. The zero-order valence-corrected chi connectivity index (χ0v) is 27.7. The number of benzene rings is 2. The minimum absolute atomic E-state index is 0.180. The third kappa shape index (κ3) is 8.52. The summed E-state index contributed by atoms with van der Waals surface area (Å²) in [5.41, 5.74) is 9.76. The second-order valence-electron chi connectivity index (χ2n) is 13.3. The summed E-state index contributed by atoms with van der Waals surface area (Å²) in [6.07, 6.45) is 2.39. The van der Waals surface area contributed by atoms with Crippen molar-refractivity contribution in [3.8, 4) is 22.5 Å². The highest BCUT2D eigenvalue weighted by molar-refractivity contribution is 6.01. The summed E-state index contributed by atoms with van der Waals surface area (Å²) in [6, 6.07) is 17.0. The van der Waals surface area contributed by atoms with E-state index in [1.54, 1.807) is 30.3 Å². The van der Waals surface area contributed by atoms with Gasteiger partial charge in [0.2, 0.25) is 23.2 Å². The van der Waals surface area contributed by atoms with Gasteiger partial charge in [-0.2, -0.15) is 5.21 Å². The number of primary amides is 1. The number of carbonyl (C=O) groups excluding carboxylic acids is 3. The first-order valence-corrected chi connectivity index (χ1v) is 16.1. The third-order valence-corrected chi connectivity index (χ3v) is 8.54. The van der Waals surface area contributed by atoms with Crippen LogP contribution in [0.15, 0.2) is 65.5 Å². The van der Waals surface area contributed by atoms with Crippen molar-refractivity contribution < 1.29 is 19.1 Å². The minimum atomic E-state index is -0.980. The Morgan fingerprint density at radius 1 is 1.02 bits per heavy atom. The maximum Gasteiger partial charge on any atom is 0.407 e. The minimum Gasteiger partial charge on any atom is -0.444 e. The standard InChI is InChI=1S/C35H42N8O5/c1-21-28(16-17-30(44)38-21)26-7-5-6-23(18-26)19-29(31(36)45)43(27-14-12-24(13-15-27)32-39-41-42-40-32)33(46)25-10-8-22(9-11-25)20-37-34(47)48-35(2,3)4/h5-7,12-18,22,25,29H,8-11,19-20H2,1-4H3,(H2,36,45)(H,37,47)(H,38,44)(H,39,40,41,42)/t22?,25?,29-/m0/s1. The van der Waals surface area contributed by atoms with E-state index in [4.69, 9.17) is 10.5 Å². The van der Waals surface area contributed by atoms with Crippen LogP contribution in [-0.2, 0) is 20.7 Å². The van der Waals surface area contributed by atoms with Crippen molar-refractivity contribution in [1.82, 2.24) is 30.9 Å². The number of anilines is 1. The van der Waals surface area contributed by atoms with E-state index in [0.29, 0.717) is 36.5 Å². The van der Waals surface area contributed by atoms with Crippen LogP contribution in [0.2, 0.25) is 0 Å². The normalized spacial score (nSPS) is 16.9. The van der Waals surface area contributed by atoms with Crippen LogP contribution in [0.1, 0.15) is 57.7 Å². The molecule has 0 spiro atoms. The molecule has 0 radical (unpaired) electrons. The average molecular weight is 655 g/mol. The molecule has 1 fully saturated rings. The summed E-state index contributed by atoms with van der Waals surface area (Å²) in [5, 5.41) is 17.0. The number of nitrogens with one attached hydrogen (secondary N) is 3. The number of hydrogen-bond donors (Lipinski definition) is 4. The van der Waals surface area contributed by atoms with Crippen molar-refractivity contribution in [2.75, 3.05) is 11.4 Å². The number of aromatic nitrogens is 5. The van der Waals surface area contributed by atoms with E-state index in [2.05, 4.69) is 30.9 Å². The number of ether oxygens (including phenoxy) is 1. The van der Waals surface area contributed by atoms with Gasteiger partial charge in [-0.3, -0.25) is 19.3 Å². The topological polar surface area (TPSA) is 189 Å². The molecule has 0 bridgehead atoms. The Balaban J connectivity index is 1.38. The molecule has 2 heterocycles. The lowest BCUT2D eigenvalue weighted by Crippen LogP contribution is -2.52. The van der Waals surface area contributed by atoms with Crippen LogP contribution in [0.25, 0.3) is 22.5 Å². The molecule has 4 aromatic rings. The van der Waals surface area contributed by atoms with Crippen molar-refractivity contribution >= 4 is 23.6 Å². The number of tetrazole rings is 1. The first-order valence-electron chi connectivity index (χ1n) is 16.1. The Labute approximate surface area is 278 Å². The van der Waals surface area contributed by atoms with Crippen molar-refractivity contribution in [1.29, 1.82) is 0 Å². The molecule has 13 nitrogen and oxygen atoms in total. The van der Waals surface area contributed by atoms with E-state index in [0.717, 1.165) is 35.2 Å². The van der Waals surface area contributed by atoms with Crippen LogP contribution in [0.4, 0.5) is 10.5 Å². The summed E-state index contributed by atoms with van der Waals surface area (Å²) in [6.45, 7) is 7.74. The molecule has 5 rings (SSSR count). The van der Waals surface area contributed by atoms with Crippen LogP contribution in [0.3, 0.4) is 0 Å². The lowest BCUT2D eigenvalue weighted by atomic mass is 9.81. The summed E-state index contributed by atoms with van der Waals surface area (Å²) < 4.78 is 5.36. The molecule has 0 unspecified atom stereocenters. The predicted octanol–water partition coefficient (Wildman–Crippen LogP) is 4.29. The fourth-order valence-corrected chi connectivity index (χ4v) is 6.17. The van der Waals surface area contributed by atoms with Gasteiger partial charge < -0.3 is 20.8 Å². The van der Waals surface area contributed by atoms with Crippen LogP contribution >= 0.6 is 0 Å². The van der Waals surface area contributed by atoms with E-state index in [1.807, 2.05) is 52.0 Å². The molecule has 1 aliphatic rings. The molecule has 2 aromatic carbocycles. The number of amides is 3. The number of hydrogen-bond acceptors (Lipinski definition) is 8. The van der Waals surface area contributed by atoms with Crippen LogP contribution in [0, 0.1) is 18.8 Å². The van der Waals surface area contributed by atoms with E-state index in [1.165, 1.54) is 11.0 Å². The molecule has 48 heavy (non-hydrogen) atoms. The first kappa shape index (κ1) is 34.0. The zero-order valence-electron chi connectivity index (χ0n) is 27.7. The van der Waals surface area contributed by atoms with E-state index in [-0.39, 0.29) is 29.7 Å². The molecular weight excluding hydrogens is 612 g/mol. The Morgan fingerprint density at radius 2 is 1.75 bits per heavy atom. The average Bonchev–Trinajstić information content (AvgIpc) is 3.59. The SMILES string of the molecule is Cc1[nH]c(=O)ccc1-c1cccc(C[C@@H](C(N)=O)N(C(=O)C2CCC(CNC(=O)OC(C)(C)C)CC2)c2ccc(-c3nn[nH]n3)cc2)c1. The zero-order chi connectivity index (χ0) is 34.4. The highest BCUT2D eigenvalue weighted by atomic mass is 16.6. The quantitative estimate of drug-likeness (QED) is 0.195. The number of aryl methyl sites for hydroxylation is 1. The monoisotopic (exact) mass is 654 g/mol. The van der Waals surface area contributed by atoms with Crippen LogP contribution in [0.5, 0.6) is 0 Å². The number of alkyl carbamates (subject to hydrolysis) is 1. The highest BCUT2D eigenvalue weighted by Crippen LogP contribution is 2.33. The number of nitrogens with zero attached hydrogens (tertiary/aromatic N) is 4. The molecule has 1 aliphatic carbocycles. The van der Waals surface area contributed by atoms with Crippen molar-refractivity contribution in [2.24, 2.45) is 17.6 Å². The van der Waals surface area contributed by atoms with Crippen LogP contribution < -0.4 is 21.5 Å². The number of nitrogens with two attached hydrogens (primary N) is 1. The molecule has 3 amide bonds. The van der Waals surface area contributed by atoms with Crippen molar-refractivity contribution in [3.05, 3.63) is 82.3 Å². The van der Waals surface area contributed by atoms with Gasteiger partial charge in [0.25, 0.3) is 0 Å². The highest BCUT2D eigenvalue weighted by Gasteiger charge is 2.36. The largest absolute Gasteiger partial charge is 0.444 e. The van der Waals surface area contributed by atoms with Crippen molar-refractivity contribution in [2.45, 2.75) is 71.4 Å². The Kier molecular flexibility index (Phi) is 10.4. The number of pyridine rings is 1. The van der Waals surface area contributed by atoms with Gasteiger partial charge in [-0.05, 0) is 106 Å². The summed E-state index contributed by atoms with van der Waals surface area (Å²) >= 11 is 0. The Morgan fingerprint density at radius 3 is 2.38 bits per heavy atom. The van der Waals surface area contributed by atoms with Gasteiger partial charge in [0, 0.05) is 47.5 Å². The maximum atomic E-state index is 14.4. The Hall–Kier alpha value is -5.33. The molecule has 1 atom stereocenters. The Bertz CT molecular complexity index is 1790. The smallest absolute Gasteiger partial charge is 0.407 e. The summed E-state index contributed by atoms with van der Waals surface area (Å²) in [5.74, 6) is -0.547. The fraction of sp³-hybridized carbons (Fsp3) is 0.400. The molecular formula is C35H42N8O5. The molecule has 5 N–H and O–H groups in total. The molecule has 13 heteroatoms. The van der Waals surface area contributed by atoms with E-state index >= 15 is 0 Å². The number of H-pyrrole nitrogens is 2. The predicted molar refractivity (Wildman–Crippen MR) is 181 cm³/mol. The van der Waals surface area contributed by atoms with Gasteiger partial charge in [0.1, 0.15) is 11.6 Å². The lowest BCUT2D eigenvalue weighted by Gasteiger charge is -2.36. The van der Waals surface area contributed by atoms with Gasteiger partial charge >= 0.3 is 6.09 Å². The number of aromatic amines is 2. The van der Waals surface area contributed by atoms with Gasteiger partial charge in [0.05, 0.1) is 0 Å². The van der Waals surface area contributed by atoms with Gasteiger partial charge in [-0.25, -0.2) is 4.79 Å². The number of carbonyl (C=O) groups is 3. The molecule has 1 saturated carbocycles. The van der Waals surface area contributed by atoms with E-state index < -0.39 is 23.6 Å². The third-order valence-electron chi connectivity index (χ3n) is 8.54. The van der Waals surface area contributed by atoms with Crippen molar-refractivity contribution in [3.63, 3.8) is 0 Å². The van der Waals surface area contributed by atoms with Gasteiger partial charge in [-0.15, -0.1) is 10.2 Å². The van der Waals surface area contributed by atoms with Gasteiger partial charge in [0.15, 0.2) is 0 Å². The van der Waals surface area contributed by atoms with E-state index in [9.17, 15) is 19.2 Å². The fourth-order valence-electron chi connectivity index (χ4n) is 6.17. The number of rotatable bonds is 10. The maximum absolute atomic E-state index is 14.4. The lowest BCUT2D eigenvalue weighted by molar-refractivity contribution is -0.127. The molecule has 252 valence electrons. The summed E-state index contributed by atoms with van der Waals surface area (Å²) in [7, 11) is 0.